The van der Waals surface area contributed by atoms with Crippen LogP contribution in [-0.4, -0.2) is 22.4 Å². The first kappa shape index (κ1) is 24.0. The van der Waals surface area contributed by atoms with Crippen LogP contribution < -0.4 is 10.6 Å². The first-order chi connectivity index (χ1) is 16.5. The molecule has 4 aromatic rings. The van der Waals surface area contributed by atoms with E-state index in [0.29, 0.717) is 21.7 Å². The van der Waals surface area contributed by atoms with E-state index in [1.807, 2.05) is 24.3 Å². The van der Waals surface area contributed by atoms with Crippen LogP contribution in [0.15, 0.2) is 71.3 Å². The highest BCUT2D eigenvalue weighted by Crippen LogP contribution is 2.34. The van der Waals surface area contributed by atoms with Gasteiger partial charge >= 0.3 is 0 Å². The monoisotopic (exact) mass is 540 g/mol. The van der Waals surface area contributed by atoms with Crippen LogP contribution in [0.4, 0.5) is 15.8 Å². The molecule has 1 aromatic heterocycles. The molecule has 0 aliphatic heterocycles. The molecule has 3 aromatic carbocycles. The number of amides is 1. The lowest BCUT2D eigenvalue weighted by Gasteiger charge is -2.13. The van der Waals surface area contributed by atoms with E-state index in [2.05, 4.69) is 43.5 Å². The lowest BCUT2D eigenvalue weighted by Crippen LogP contribution is -2.14. The number of halogens is 3. The molecule has 1 amide bonds. The zero-order valence-electron chi connectivity index (χ0n) is 18.5. The Morgan fingerprint density at radius 3 is 2.50 bits per heavy atom. The molecule has 0 radical (unpaired) electrons. The van der Waals surface area contributed by atoms with E-state index in [-0.39, 0.29) is 16.5 Å². The van der Waals surface area contributed by atoms with Crippen LogP contribution in [0.5, 0.6) is 0 Å². The average Bonchev–Trinajstić information content (AvgIpc) is 3.21. The van der Waals surface area contributed by atoms with Crippen molar-refractivity contribution in [2.45, 2.75) is 19.8 Å². The third-order valence-electron chi connectivity index (χ3n) is 5.30. The number of para-hydroxylation sites is 2. The second-order valence-corrected chi connectivity index (χ2v) is 8.90. The van der Waals surface area contributed by atoms with Gasteiger partial charge in [-0.3, -0.25) is 4.79 Å². The van der Waals surface area contributed by atoms with E-state index in [1.54, 1.807) is 36.4 Å². The zero-order valence-corrected chi connectivity index (χ0v) is 20.8. The Labute approximate surface area is 210 Å². The highest BCUT2D eigenvalue weighted by atomic mass is 79.9. The molecule has 1 heterocycles. The SMILES string of the molecule is CCCCNc1ccccc1NC(=O)c1ccc(-c2nc(-c3c(F)cccc3Cl)[nH]c2Br)cc1. The maximum absolute atomic E-state index is 14.3. The minimum Gasteiger partial charge on any atom is -0.383 e. The summed E-state index contributed by atoms with van der Waals surface area (Å²) in [5.41, 5.74) is 3.69. The number of carbonyl (C=O) groups excluding carboxylic acids is 1. The van der Waals surface area contributed by atoms with Crippen molar-refractivity contribution in [3.8, 4) is 22.6 Å². The number of aromatic amines is 1. The second kappa shape index (κ2) is 10.8. The van der Waals surface area contributed by atoms with E-state index in [0.717, 1.165) is 36.3 Å². The van der Waals surface area contributed by atoms with Gasteiger partial charge in [-0.1, -0.05) is 55.3 Å². The molecule has 0 aliphatic rings. The molecule has 0 atom stereocenters. The number of nitrogens with zero attached hydrogens (tertiary/aromatic N) is 1. The standard InChI is InChI=1S/C26H23BrClFN4O/c1-2-3-15-30-20-9-4-5-10-21(20)31-26(34)17-13-11-16(12-14-17)23-24(27)33-25(32-23)22-18(28)7-6-8-19(22)29/h4-14,30H,2-3,15H2,1H3,(H,31,34)(H,32,33). The molecule has 0 fully saturated rings. The minimum atomic E-state index is -0.461. The van der Waals surface area contributed by atoms with Crippen LogP contribution in [0.3, 0.4) is 0 Å². The Kier molecular flexibility index (Phi) is 7.65. The van der Waals surface area contributed by atoms with Gasteiger partial charge in [-0.05, 0) is 58.7 Å². The normalized spacial score (nSPS) is 10.8. The number of H-pyrrole nitrogens is 1. The second-order valence-electron chi connectivity index (χ2n) is 7.70. The molecule has 0 aliphatic carbocycles. The van der Waals surface area contributed by atoms with E-state index in [9.17, 15) is 9.18 Å². The molecule has 5 nitrogen and oxygen atoms in total. The number of unbranched alkanes of at least 4 members (excludes halogenated alkanes) is 1. The Morgan fingerprint density at radius 2 is 1.79 bits per heavy atom. The number of anilines is 2. The summed E-state index contributed by atoms with van der Waals surface area (Å²) in [6.45, 7) is 2.98. The van der Waals surface area contributed by atoms with Gasteiger partial charge in [-0.15, -0.1) is 0 Å². The summed E-state index contributed by atoms with van der Waals surface area (Å²) in [5.74, 6) is -0.355. The lowest BCUT2D eigenvalue weighted by molar-refractivity contribution is 0.102. The molecule has 3 N–H and O–H groups in total. The van der Waals surface area contributed by atoms with Crippen LogP contribution in [0, 0.1) is 5.82 Å². The van der Waals surface area contributed by atoms with Gasteiger partial charge in [0.05, 0.1) is 22.0 Å². The van der Waals surface area contributed by atoms with Crippen LogP contribution in [-0.2, 0) is 0 Å². The molecule has 4 rings (SSSR count). The summed E-state index contributed by atoms with van der Waals surface area (Å²) in [4.78, 5) is 20.4. The predicted molar refractivity (Wildman–Crippen MR) is 140 cm³/mol. The fourth-order valence-corrected chi connectivity index (χ4v) is 4.26. The smallest absolute Gasteiger partial charge is 0.255 e. The van der Waals surface area contributed by atoms with Gasteiger partial charge in [0.15, 0.2) is 0 Å². The van der Waals surface area contributed by atoms with Gasteiger partial charge in [0.2, 0.25) is 0 Å². The Bertz CT molecular complexity index is 1290. The van der Waals surface area contributed by atoms with Gasteiger partial charge in [0.25, 0.3) is 5.91 Å². The number of aromatic nitrogens is 2. The summed E-state index contributed by atoms with van der Waals surface area (Å²) >= 11 is 9.63. The van der Waals surface area contributed by atoms with Crippen molar-refractivity contribution in [1.29, 1.82) is 0 Å². The summed E-state index contributed by atoms with van der Waals surface area (Å²) < 4.78 is 14.9. The molecular formula is C26H23BrClFN4O. The van der Waals surface area contributed by atoms with Crippen LogP contribution in [0.2, 0.25) is 5.02 Å². The fraction of sp³-hybridized carbons (Fsp3) is 0.154. The summed E-state index contributed by atoms with van der Waals surface area (Å²) in [7, 11) is 0. The predicted octanol–water partition coefficient (Wildman–Crippen LogP) is 7.76. The topological polar surface area (TPSA) is 69.8 Å². The number of carbonyl (C=O) groups is 1. The van der Waals surface area contributed by atoms with E-state index in [1.165, 1.54) is 6.07 Å². The Hall–Kier alpha value is -3.16. The van der Waals surface area contributed by atoms with Crippen LogP contribution >= 0.6 is 27.5 Å². The van der Waals surface area contributed by atoms with Crippen molar-refractivity contribution in [3.05, 3.63) is 87.7 Å². The molecule has 34 heavy (non-hydrogen) atoms. The van der Waals surface area contributed by atoms with Crippen molar-refractivity contribution in [3.63, 3.8) is 0 Å². The maximum Gasteiger partial charge on any atom is 0.255 e. The number of nitrogens with one attached hydrogen (secondary N) is 3. The fourth-order valence-electron chi connectivity index (χ4n) is 3.51. The largest absolute Gasteiger partial charge is 0.383 e. The maximum atomic E-state index is 14.3. The van der Waals surface area contributed by atoms with Gasteiger partial charge in [0.1, 0.15) is 21.9 Å². The highest BCUT2D eigenvalue weighted by Gasteiger charge is 2.17. The zero-order chi connectivity index (χ0) is 24.1. The van der Waals surface area contributed by atoms with E-state index < -0.39 is 5.82 Å². The van der Waals surface area contributed by atoms with Crippen molar-refractivity contribution in [2.24, 2.45) is 0 Å². The number of hydrogen-bond donors (Lipinski definition) is 3. The van der Waals surface area contributed by atoms with Crippen LogP contribution in [0.25, 0.3) is 22.6 Å². The van der Waals surface area contributed by atoms with Crippen LogP contribution in [0.1, 0.15) is 30.1 Å². The molecule has 0 unspecified atom stereocenters. The molecule has 0 saturated carbocycles. The van der Waals surface area contributed by atoms with Gasteiger partial charge in [-0.25, -0.2) is 9.37 Å². The molecule has 174 valence electrons. The van der Waals surface area contributed by atoms with Gasteiger partial charge < -0.3 is 15.6 Å². The number of benzene rings is 3. The summed E-state index contributed by atoms with van der Waals surface area (Å²) in [6, 6.07) is 19.2. The van der Waals surface area contributed by atoms with Crippen molar-refractivity contribution < 1.29 is 9.18 Å². The van der Waals surface area contributed by atoms with Crippen molar-refractivity contribution in [2.75, 3.05) is 17.2 Å². The molecule has 0 bridgehead atoms. The van der Waals surface area contributed by atoms with E-state index in [4.69, 9.17) is 11.6 Å². The third kappa shape index (κ3) is 5.32. The molecular weight excluding hydrogens is 519 g/mol. The average molecular weight is 542 g/mol. The first-order valence-electron chi connectivity index (χ1n) is 10.9. The molecule has 8 heteroatoms. The quantitative estimate of drug-likeness (QED) is 0.200. The van der Waals surface area contributed by atoms with E-state index >= 15 is 0 Å². The lowest BCUT2D eigenvalue weighted by atomic mass is 10.1. The summed E-state index contributed by atoms with van der Waals surface area (Å²) in [6.07, 6.45) is 2.14. The molecule has 0 saturated heterocycles. The van der Waals surface area contributed by atoms with Crippen molar-refractivity contribution in [1.82, 2.24) is 9.97 Å². The third-order valence-corrected chi connectivity index (χ3v) is 6.19. The number of hydrogen-bond acceptors (Lipinski definition) is 3. The first-order valence-corrected chi connectivity index (χ1v) is 12.1. The Morgan fingerprint density at radius 1 is 1.06 bits per heavy atom. The van der Waals surface area contributed by atoms with Gasteiger partial charge in [-0.2, -0.15) is 0 Å². The Balaban J connectivity index is 1.52. The number of imidazole rings is 1. The molecule has 0 spiro atoms. The number of rotatable bonds is 8. The summed E-state index contributed by atoms with van der Waals surface area (Å²) in [5, 5.41) is 6.61. The highest BCUT2D eigenvalue weighted by molar-refractivity contribution is 9.10. The van der Waals surface area contributed by atoms with Crippen molar-refractivity contribution >= 4 is 44.8 Å². The van der Waals surface area contributed by atoms with Gasteiger partial charge in [0, 0.05) is 17.7 Å². The minimum absolute atomic E-state index is 0.207.